The summed E-state index contributed by atoms with van der Waals surface area (Å²) >= 11 is 0. The van der Waals surface area contributed by atoms with Gasteiger partial charge < -0.3 is 15.2 Å². The van der Waals surface area contributed by atoms with E-state index < -0.39 is 0 Å². The van der Waals surface area contributed by atoms with Crippen molar-refractivity contribution in [3.8, 4) is 5.75 Å². The van der Waals surface area contributed by atoms with Crippen LogP contribution in [0.1, 0.15) is 24.3 Å². The van der Waals surface area contributed by atoms with Gasteiger partial charge in [0.05, 0.1) is 19.3 Å². The summed E-state index contributed by atoms with van der Waals surface area (Å²) in [6.07, 6.45) is 2.87. The molecule has 16 heavy (non-hydrogen) atoms. The third-order valence-corrected chi connectivity index (χ3v) is 3.83. The van der Waals surface area contributed by atoms with E-state index in [0.717, 1.165) is 18.6 Å². The standard InChI is InChI=1S/C13H17NO2/c1-15-9-4-2-8(3-5-9)12-10-6-7-11(16-10)13(12)14/h2-5,10-13H,6-7,14H2,1H3. The summed E-state index contributed by atoms with van der Waals surface area (Å²) in [4.78, 5) is 0. The van der Waals surface area contributed by atoms with Crippen LogP contribution < -0.4 is 10.5 Å². The van der Waals surface area contributed by atoms with Gasteiger partial charge in [-0.1, -0.05) is 12.1 Å². The van der Waals surface area contributed by atoms with Crippen molar-refractivity contribution in [3.05, 3.63) is 29.8 Å². The molecule has 0 aliphatic carbocycles. The Kier molecular flexibility index (Phi) is 2.37. The summed E-state index contributed by atoms with van der Waals surface area (Å²) in [6, 6.07) is 8.36. The lowest BCUT2D eigenvalue weighted by Gasteiger charge is -2.25. The molecule has 3 nitrogen and oxygen atoms in total. The molecule has 0 spiro atoms. The fourth-order valence-electron chi connectivity index (χ4n) is 2.98. The van der Waals surface area contributed by atoms with Crippen LogP contribution in [-0.2, 0) is 4.74 Å². The Balaban J connectivity index is 1.86. The van der Waals surface area contributed by atoms with E-state index in [2.05, 4.69) is 12.1 Å². The maximum atomic E-state index is 6.21. The highest BCUT2D eigenvalue weighted by Crippen LogP contribution is 2.43. The zero-order valence-electron chi connectivity index (χ0n) is 9.43. The lowest BCUT2D eigenvalue weighted by Crippen LogP contribution is -2.38. The second-order valence-electron chi connectivity index (χ2n) is 4.67. The minimum absolute atomic E-state index is 0.159. The minimum atomic E-state index is 0.159. The van der Waals surface area contributed by atoms with Gasteiger partial charge in [-0.15, -0.1) is 0 Å². The van der Waals surface area contributed by atoms with E-state index in [1.54, 1.807) is 7.11 Å². The van der Waals surface area contributed by atoms with Crippen molar-refractivity contribution in [1.82, 2.24) is 0 Å². The molecule has 2 saturated heterocycles. The molecule has 3 rings (SSSR count). The molecule has 0 aromatic heterocycles. The van der Waals surface area contributed by atoms with Gasteiger partial charge in [-0.3, -0.25) is 0 Å². The highest BCUT2D eigenvalue weighted by atomic mass is 16.5. The van der Waals surface area contributed by atoms with Gasteiger partial charge in [-0.05, 0) is 30.5 Å². The Morgan fingerprint density at radius 1 is 1.19 bits per heavy atom. The zero-order chi connectivity index (χ0) is 11.1. The van der Waals surface area contributed by atoms with Crippen molar-refractivity contribution in [2.75, 3.05) is 7.11 Å². The van der Waals surface area contributed by atoms with Crippen LogP contribution in [0.3, 0.4) is 0 Å². The van der Waals surface area contributed by atoms with E-state index >= 15 is 0 Å². The van der Waals surface area contributed by atoms with E-state index in [9.17, 15) is 0 Å². The first kappa shape index (κ1) is 10.1. The molecule has 2 aliphatic heterocycles. The van der Waals surface area contributed by atoms with Gasteiger partial charge in [0, 0.05) is 12.0 Å². The maximum Gasteiger partial charge on any atom is 0.118 e. The summed E-state index contributed by atoms with van der Waals surface area (Å²) in [6.45, 7) is 0. The summed E-state index contributed by atoms with van der Waals surface area (Å²) in [7, 11) is 1.68. The van der Waals surface area contributed by atoms with Gasteiger partial charge in [0.1, 0.15) is 5.75 Å². The number of methoxy groups -OCH3 is 1. The largest absolute Gasteiger partial charge is 0.497 e. The minimum Gasteiger partial charge on any atom is -0.497 e. The lowest BCUT2D eigenvalue weighted by atomic mass is 9.80. The average molecular weight is 219 g/mol. The van der Waals surface area contributed by atoms with Crippen LogP contribution in [0.4, 0.5) is 0 Å². The van der Waals surface area contributed by atoms with Crippen molar-refractivity contribution in [2.45, 2.75) is 37.0 Å². The number of rotatable bonds is 2. The number of hydrogen-bond donors (Lipinski definition) is 1. The number of benzene rings is 1. The number of ether oxygens (including phenoxy) is 2. The van der Waals surface area contributed by atoms with Crippen LogP contribution in [0.5, 0.6) is 5.75 Å². The fourth-order valence-corrected chi connectivity index (χ4v) is 2.98. The van der Waals surface area contributed by atoms with Crippen molar-refractivity contribution < 1.29 is 9.47 Å². The van der Waals surface area contributed by atoms with E-state index in [1.807, 2.05) is 12.1 Å². The highest BCUT2D eigenvalue weighted by Gasteiger charge is 2.47. The molecular weight excluding hydrogens is 202 g/mol. The van der Waals surface area contributed by atoms with Gasteiger partial charge in [0.15, 0.2) is 0 Å². The molecule has 2 heterocycles. The Morgan fingerprint density at radius 2 is 1.88 bits per heavy atom. The van der Waals surface area contributed by atoms with Gasteiger partial charge in [0.2, 0.25) is 0 Å². The summed E-state index contributed by atoms with van der Waals surface area (Å²) in [5.74, 6) is 1.26. The Morgan fingerprint density at radius 3 is 2.44 bits per heavy atom. The molecule has 86 valence electrons. The van der Waals surface area contributed by atoms with Crippen molar-refractivity contribution in [2.24, 2.45) is 5.73 Å². The highest BCUT2D eigenvalue weighted by molar-refractivity contribution is 5.32. The molecule has 1 aromatic rings. The molecule has 0 amide bonds. The van der Waals surface area contributed by atoms with Gasteiger partial charge in [0.25, 0.3) is 0 Å². The van der Waals surface area contributed by atoms with Crippen LogP contribution in [0.2, 0.25) is 0 Å². The summed E-state index contributed by atoms with van der Waals surface area (Å²) in [5.41, 5.74) is 7.49. The number of fused-ring (bicyclic) bond motifs is 2. The zero-order valence-corrected chi connectivity index (χ0v) is 9.43. The van der Waals surface area contributed by atoms with Gasteiger partial charge in [-0.2, -0.15) is 0 Å². The van der Waals surface area contributed by atoms with Gasteiger partial charge >= 0.3 is 0 Å². The predicted molar refractivity (Wildman–Crippen MR) is 61.6 cm³/mol. The molecule has 0 saturated carbocycles. The second-order valence-corrected chi connectivity index (χ2v) is 4.67. The molecule has 4 atom stereocenters. The second kappa shape index (κ2) is 3.75. The van der Waals surface area contributed by atoms with E-state index in [1.165, 1.54) is 5.56 Å². The van der Waals surface area contributed by atoms with Crippen LogP contribution >= 0.6 is 0 Å². The summed E-state index contributed by atoms with van der Waals surface area (Å²) < 4.78 is 11.0. The molecule has 0 radical (unpaired) electrons. The van der Waals surface area contributed by atoms with E-state index in [4.69, 9.17) is 15.2 Å². The normalized spacial score (nSPS) is 36.6. The molecular formula is C13H17NO2. The molecule has 1 aromatic carbocycles. The fraction of sp³-hybridized carbons (Fsp3) is 0.538. The third kappa shape index (κ3) is 1.43. The van der Waals surface area contributed by atoms with E-state index in [0.29, 0.717) is 12.0 Å². The first-order valence-electron chi connectivity index (χ1n) is 5.84. The smallest absolute Gasteiger partial charge is 0.118 e. The Bertz CT molecular complexity index is 374. The predicted octanol–water partition coefficient (Wildman–Crippen LogP) is 1.67. The van der Waals surface area contributed by atoms with Gasteiger partial charge in [-0.25, -0.2) is 0 Å². The summed E-state index contributed by atoms with van der Waals surface area (Å²) in [5, 5.41) is 0. The Hall–Kier alpha value is -1.06. The van der Waals surface area contributed by atoms with Crippen LogP contribution in [0, 0.1) is 0 Å². The number of hydrogen-bond acceptors (Lipinski definition) is 3. The van der Waals surface area contributed by atoms with Crippen molar-refractivity contribution >= 4 is 0 Å². The van der Waals surface area contributed by atoms with Crippen LogP contribution in [0.15, 0.2) is 24.3 Å². The quantitative estimate of drug-likeness (QED) is 0.822. The van der Waals surface area contributed by atoms with Crippen LogP contribution in [-0.4, -0.2) is 25.4 Å². The average Bonchev–Trinajstić information content (AvgIpc) is 2.90. The Labute approximate surface area is 95.5 Å². The van der Waals surface area contributed by atoms with Crippen LogP contribution in [0.25, 0.3) is 0 Å². The first-order chi connectivity index (χ1) is 7.79. The third-order valence-electron chi connectivity index (χ3n) is 3.83. The molecule has 3 heteroatoms. The molecule has 2 N–H and O–H groups in total. The topological polar surface area (TPSA) is 44.5 Å². The van der Waals surface area contributed by atoms with Crippen molar-refractivity contribution in [1.29, 1.82) is 0 Å². The molecule has 2 aliphatic rings. The molecule has 2 fully saturated rings. The molecule has 2 bridgehead atoms. The monoisotopic (exact) mass is 219 g/mol. The van der Waals surface area contributed by atoms with Crippen molar-refractivity contribution in [3.63, 3.8) is 0 Å². The van der Waals surface area contributed by atoms with E-state index in [-0.39, 0.29) is 12.1 Å². The number of nitrogens with two attached hydrogens (primary N) is 1. The maximum absolute atomic E-state index is 6.21. The first-order valence-corrected chi connectivity index (χ1v) is 5.84. The molecule has 4 unspecified atom stereocenters. The lowest BCUT2D eigenvalue weighted by molar-refractivity contribution is 0.0976. The SMILES string of the molecule is COc1ccc(C2C3CCC(O3)C2N)cc1.